The summed E-state index contributed by atoms with van der Waals surface area (Å²) >= 11 is 1.88. The average molecular weight is 246 g/mol. The van der Waals surface area contributed by atoms with Crippen LogP contribution in [0.1, 0.15) is 32.6 Å². The standard InChI is InChI=1S/C11H22N2O2S/c1-8(7-14)12-11(15)13-9-4-3-5-10(6-9)16-2/h8-10,14H,3-7H2,1-2H3,(H2,12,13,15). The van der Waals surface area contributed by atoms with E-state index in [9.17, 15) is 4.79 Å². The van der Waals surface area contributed by atoms with E-state index in [4.69, 9.17) is 5.11 Å². The predicted octanol–water partition coefficient (Wildman–Crippen LogP) is 1.34. The number of nitrogens with one attached hydrogen (secondary N) is 2. The Labute approximate surface area is 102 Å². The summed E-state index contributed by atoms with van der Waals surface area (Å²) in [4.78, 5) is 11.5. The number of thioether (sulfide) groups is 1. The highest BCUT2D eigenvalue weighted by Gasteiger charge is 2.22. The second-order valence-corrected chi connectivity index (χ2v) is 5.56. The maximum absolute atomic E-state index is 11.5. The zero-order valence-electron chi connectivity index (χ0n) is 10.0. The highest BCUT2D eigenvalue weighted by Crippen LogP contribution is 2.26. The quantitative estimate of drug-likeness (QED) is 0.701. The molecule has 1 aliphatic carbocycles. The van der Waals surface area contributed by atoms with Crippen molar-refractivity contribution in [3.05, 3.63) is 0 Å². The van der Waals surface area contributed by atoms with Gasteiger partial charge in [-0.2, -0.15) is 11.8 Å². The molecule has 16 heavy (non-hydrogen) atoms. The molecule has 0 aromatic carbocycles. The molecular weight excluding hydrogens is 224 g/mol. The van der Waals surface area contributed by atoms with Crippen molar-refractivity contribution in [2.75, 3.05) is 12.9 Å². The van der Waals surface area contributed by atoms with Gasteiger partial charge in [-0.3, -0.25) is 0 Å². The summed E-state index contributed by atoms with van der Waals surface area (Å²) in [6.45, 7) is 1.76. The average Bonchev–Trinajstić information content (AvgIpc) is 2.28. The maximum atomic E-state index is 11.5. The fraction of sp³-hybridized carbons (Fsp3) is 0.909. The van der Waals surface area contributed by atoms with Gasteiger partial charge in [0.05, 0.1) is 12.6 Å². The summed E-state index contributed by atoms with van der Waals surface area (Å²) in [5.74, 6) is 0. The fourth-order valence-corrected chi connectivity index (χ4v) is 2.81. The Balaban J connectivity index is 2.27. The van der Waals surface area contributed by atoms with Crippen molar-refractivity contribution in [1.82, 2.24) is 10.6 Å². The smallest absolute Gasteiger partial charge is 0.315 e. The lowest BCUT2D eigenvalue weighted by Crippen LogP contribution is -2.48. The molecule has 1 rings (SSSR count). The Morgan fingerprint density at radius 2 is 2.31 bits per heavy atom. The Hall–Kier alpha value is -0.420. The summed E-state index contributed by atoms with van der Waals surface area (Å²) in [5.41, 5.74) is 0. The molecule has 0 aliphatic heterocycles. The Kier molecular flexibility index (Phi) is 5.98. The van der Waals surface area contributed by atoms with Gasteiger partial charge in [0, 0.05) is 11.3 Å². The molecular formula is C11H22N2O2S. The maximum Gasteiger partial charge on any atom is 0.315 e. The van der Waals surface area contributed by atoms with E-state index >= 15 is 0 Å². The lowest BCUT2D eigenvalue weighted by Gasteiger charge is -2.29. The molecule has 1 fully saturated rings. The zero-order valence-corrected chi connectivity index (χ0v) is 10.8. The summed E-state index contributed by atoms with van der Waals surface area (Å²) in [5, 5.41) is 15.2. The van der Waals surface area contributed by atoms with Crippen LogP contribution in [0.15, 0.2) is 0 Å². The first kappa shape index (κ1) is 13.6. The summed E-state index contributed by atoms with van der Waals surface area (Å²) in [7, 11) is 0. The number of hydrogen-bond acceptors (Lipinski definition) is 3. The van der Waals surface area contributed by atoms with Gasteiger partial charge < -0.3 is 15.7 Å². The van der Waals surface area contributed by atoms with Crippen LogP contribution in [0.2, 0.25) is 0 Å². The lowest BCUT2D eigenvalue weighted by atomic mass is 9.95. The van der Waals surface area contributed by atoms with Crippen molar-refractivity contribution in [1.29, 1.82) is 0 Å². The third-order valence-corrected chi connectivity index (χ3v) is 4.04. The molecule has 0 bridgehead atoms. The van der Waals surface area contributed by atoms with Crippen LogP contribution < -0.4 is 10.6 Å². The van der Waals surface area contributed by atoms with Crippen LogP contribution >= 0.6 is 11.8 Å². The minimum absolute atomic E-state index is 0.0223. The van der Waals surface area contributed by atoms with Gasteiger partial charge in [0.15, 0.2) is 0 Å². The van der Waals surface area contributed by atoms with Crippen molar-refractivity contribution in [2.45, 2.75) is 49.9 Å². The van der Waals surface area contributed by atoms with Crippen LogP contribution in [0.25, 0.3) is 0 Å². The number of amides is 2. The topological polar surface area (TPSA) is 61.4 Å². The van der Waals surface area contributed by atoms with Gasteiger partial charge in [0.2, 0.25) is 0 Å². The summed E-state index contributed by atoms with van der Waals surface area (Å²) < 4.78 is 0. The molecule has 3 N–H and O–H groups in total. The lowest BCUT2D eigenvalue weighted by molar-refractivity contribution is 0.214. The molecule has 0 heterocycles. The summed E-state index contributed by atoms with van der Waals surface area (Å²) in [6.07, 6.45) is 6.70. The van der Waals surface area contributed by atoms with Crippen LogP contribution in [-0.2, 0) is 0 Å². The van der Waals surface area contributed by atoms with Crippen molar-refractivity contribution in [2.24, 2.45) is 0 Å². The number of aliphatic hydroxyl groups is 1. The SMILES string of the molecule is CSC1CCCC(NC(=O)NC(C)CO)C1. The molecule has 2 amide bonds. The molecule has 0 aromatic rings. The Bertz CT molecular complexity index is 226. The molecule has 5 heteroatoms. The first-order valence-corrected chi connectivity index (χ1v) is 7.15. The Morgan fingerprint density at radius 3 is 2.94 bits per heavy atom. The number of carbonyl (C=O) groups excluding carboxylic acids is 1. The number of rotatable bonds is 4. The number of carbonyl (C=O) groups is 1. The highest BCUT2D eigenvalue weighted by atomic mass is 32.2. The van der Waals surface area contributed by atoms with Crippen molar-refractivity contribution in [3.8, 4) is 0 Å². The van der Waals surface area contributed by atoms with Crippen molar-refractivity contribution in [3.63, 3.8) is 0 Å². The van der Waals surface area contributed by atoms with Crippen LogP contribution in [0, 0.1) is 0 Å². The first-order valence-electron chi connectivity index (χ1n) is 5.86. The van der Waals surface area contributed by atoms with Crippen LogP contribution in [0.3, 0.4) is 0 Å². The predicted molar refractivity (Wildman–Crippen MR) is 67.8 cm³/mol. The monoisotopic (exact) mass is 246 g/mol. The fourth-order valence-electron chi connectivity index (χ4n) is 1.99. The van der Waals surface area contributed by atoms with Gasteiger partial charge >= 0.3 is 6.03 Å². The number of urea groups is 1. The molecule has 3 atom stereocenters. The zero-order chi connectivity index (χ0) is 12.0. The first-order chi connectivity index (χ1) is 7.65. The minimum Gasteiger partial charge on any atom is -0.394 e. The van der Waals surface area contributed by atoms with Crippen LogP contribution in [-0.4, -0.2) is 41.3 Å². The van der Waals surface area contributed by atoms with Crippen molar-refractivity contribution >= 4 is 17.8 Å². The number of aliphatic hydroxyl groups excluding tert-OH is 1. The van der Waals surface area contributed by atoms with E-state index in [2.05, 4.69) is 16.9 Å². The summed E-state index contributed by atoms with van der Waals surface area (Å²) in [6, 6.07) is -0.0506. The van der Waals surface area contributed by atoms with Gasteiger partial charge in [-0.05, 0) is 32.4 Å². The van der Waals surface area contributed by atoms with E-state index in [-0.39, 0.29) is 24.7 Å². The van der Waals surface area contributed by atoms with Gasteiger partial charge in [0.25, 0.3) is 0 Å². The third kappa shape index (κ3) is 4.61. The minimum atomic E-state index is -0.181. The Morgan fingerprint density at radius 1 is 1.56 bits per heavy atom. The number of hydrogen-bond donors (Lipinski definition) is 3. The molecule has 0 aromatic heterocycles. The van der Waals surface area contributed by atoms with E-state index in [1.165, 1.54) is 12.8 Å². The molecule has 1 saturated carbocycles. The van der Waals surface area contributed by atoms with E-state index in [1.807, 2.05) is 11.8 Å². The highest BCUT2D eigenvalue weighted by molar-refractivity contribution is 7.99. The largest absolute Gasteiger partial charge is 0.394 e. The van der Waals surface area contributed by atoms with Gasteiger partial charge in [-0.1, -0.05) is 6.42 Å². The van der Waals surface area contributed by atoms with E-state index in [0.29, 0.717) is 5.25 Å². The molecule has 1 aliphatic rings. The third-order valence-electron chi connectivity index (χ3n) is 2.95. The van der Waals surface area contributed by atoms with Gasteiger partial charge in [-0.15, -0.1) is 0 Å². The van der Waals surface area contributed by atoms with Crippen molar-refractivity contribution < 1.29 is 9.90 Å². The van der Waals surface area contributed by atoms with Gasteiger partial charge in [-0.25, -0.2) is 4.79 Å². The second kappa shape index (κ2) is 7.01. The molecule has 0 saturated heterocycles. The normalized spacial score (nSPS) is 27.2. The molecule has 94 valence electrons. The van der Waals surface area contributed by atoms with E-state index < -0.39 is 0 Å². The molecule has 4 nitrogen and oxygen atoms in total. The van der Waals surface area contributed by atoms with E-state index in [0.717, 1.165) is 12.8 Å². The second-order valence-electron chi connectivity index (χ2n) is 4.42. The van der Waals surface area contributed by atoms with Crippen LogP contribution in [0.4, 0.5) is 4.79 Å². The molecule has 0 radical (unpaired) electrons. The van der Waals surface area contributed by atoms with E-state index in [1.54, 1.807) is 6.92 Å². The molecule has 0 spiro atoms. The van der Waals surface area contributed by atoms with Gasteiger partial charge in [0.1, 0.15) is 0 Å². The molecule has 3 unspecified atom stereocenters. The van der Waals surface area contributed by atoms with Crippen LogP contribution in [0.5, 0.6) is 0 Å².